The van der Waals surface area contributed by atoms with Crippen LogP contribution in [0.2, 0.25) is 0 Å². The average Bonchev–Trinajstić information content (AvgIpc) is 2.51. The second-order valence-corrected chi connectivity index (χ2v) is 9.69. The summed E-state index contributed by atoms with van der Waals surface area (Å²) >= 11 is 1.86. The molecule has 0 aliphatic carbocycles. The Bertz CT molecular complexity index is 480. The van der Waals surface area contributed by atoms with E-state index in [1.54, 1.807) is 0 Å². The molecule has 1 heterocycles. The van der Waals surface area contributed by atoms with Crippen molar-refractivity contribution in [3.05, 3.63) is 0 Å². The zero-order valence-corrected chi connectivity index (χ0v) is 19.1. The van der Waals surface area contributed by atoms with E-state index in [1.165, 1.54) is 6.26 Å². The van der Waals surface area contributed by atoms with Gasteiger partial charge in [-0.25, -0.2) is 8.42 Å². The summed E-state index contributed by atoms with van der Waals surface area (Å²) in [6.07, 6.45) is 6.01. The van der Waals surface area contributed by atoms with Crippen molar-refractivity contribution in [2.75, 3.05) is 44.6 Å². The molecule has 1 unspecified atom stereocenters. The SMILES string of the molecule is CCNC(=NCC1(SC)CCOCC1)NC(C)CCS(C)(=O)=O.I. The van der Waals surface area contributed by atoms with Gasteiger partial charge in [0.05, 0.1) is 12.3 Å². The summed E-state index contributed by atoms with van der Waals surface area (Å²) in [6.45, 7) is 7.12. The predicted molar refractivity (Wildman–Crippen MR) is 115 cm³/mol. The van der Waals surface area contributed by atoms with Gasteiger partial charge in [-0.3, -0.25) is 4.99 Å². The van der Waals surface area contributed by atoms with E-state index in [2.05, 4.69) is 16.9 Å². The van der Waals surface area contributed by atoms with Gasteiger partial charge in [0.25, 0.3) is 0 Å². The summed E-state index contributed by atoms with van der Waals surface area (Å²) in [5.41, 5.74) is 0. The number of thioether (sulfide) groups is 1. The summed E-state index contributed by atoms with van der Waals surface area (Å²) in [4.78, 5) is 4.73. The smallest absolute Gasteiger partial charge is 0.191 e. The molecule has 0 spiro atoms. The summed E-state index contributed by atoms with van der Waals surface area (Å²) in [5, 5.41) is 6.55. The minimum absolute atomic E-state index is 0. The molecule has 1 rings (SSSR count). The number of sulfone groups is 1. The molecular weight excluding hydrogens is 461 g/mol. The fourth-order valence-electron chi connectivity index (χ4n) is 2.41. The standard InChI is InChI=1S/C15H31N3O3S2.HI/c1-5-16-14(18-13(2)6-11-23(4,19)20)17-12-15(22-3)7-9-21-10-8-15;/h13H,5-12H2,1-4H3,(H2,16,17,18);1H. The minimum atomic E-state index is -2.93. The topological polar surface area (TPSA) is 79.8 Å². The Labute approximate surface area is 168 Å². The van der Waals surface area contributed by atoms with Crippen LogP contribution in [0.1, 0.15) is 33.1 Å². The van der Waals surface area contributed by atoms with Gasteiger partial charge in [0.15, 0.2) is 5.96 Å². The van der Waals surface area contributed by atoms with Gasteiger partial charge in [0.2, 0.25) is 0 Å². The van der Waals surface area contributed by atoms with E-state index in [9.17, 15) is 8.42 Å². The molecule has 0 bridgehead atoms. The summed E-state index contributed by atoms with van der Waals surface area (Å²) < 4.78 is 28.2. The second-order valence-electron chi connectivity index (χ2n) is 6.16. The maximum atomic E-state index is 11.3. The van der Waals surface area contributed by atoms with Crippen LogP contribution in [0.15, 0.2) is 4.99 Å². The minimum Gasteiger partial charge on any atom is -0.381 e. The van der Waals surface area contributed by atoms with Crippen LogP contribution in [0.4, 0.5) is 0 Å². The molecule has 0 saturated carbocycles. The molecular formula is C15H32IN3O3S2. The molecule has 1 atom stereocenters. The normalized spacial score (nSPS) is 19.2. The lowest BCUT2D eigenvalue weighted by Gasteiger charge is -2.34. The first kappa shape index (κ1) is 24.3. The van der Waals surface area contributed by atoms with Crippen molar-refractivity contribution in [3.8, 4) is 0 Å². The first-order valence-electron chi connectivity index (χ1n) is 8.16. The summed E-state index contributed by atoms with van der Waals surface area (Å²) in [7, 11) is -2.93. The second kappa shape index (κ2) is 11.8. The summed E-state index contributed by atoms with van der Waals surface area (Å²) in [5.74, 6) is 0.945. The van der Waals surface area contributed by atoms with Crippen LogP contribution in [0.3, 0.4) is 0 Å². The van der Waals surface area contributed by atoms with Crippen molar-refractivity contribution in [1.82, 2.24) is 10.6 Å². The van der Waals surface area contributed by atoms with Gasteiger partial charge in [-0.1, -0.05) is 0 Å². The molecule has 0 aromatic carbocycles. The lowest BCUT2D eigenvalue weighted by Crippen LogP contribution is -2.44. The van der Waals surface area contributed by atoms with E-state index >= 15 is 0 Å². The molecule has 0 aromatic heterocycles. The van der Waals surface area contributed by atoms with Gasteiger partial charge >= 0.3 is 0 Å². The largest absolute Gasteiger partial charge is 0.381 e. The number of aliphatic imine (C=N–C) groups is 1. The Morgan fingerprint density at radius 2 is 2.00 bits per heavy atom. The number of ether oxygens (including phenoxy) is 1. The number of halogens is 1. The van der Waals surface area contributed by atoms with E-state index in [1.807, 2.05) is 25.6 Å². The molecule has 9 heteroatoms. The van der Waals surface area contributed by atoms with Crippen molar-refractivity contribution in [3.63, 3.8) is 0 Å². The number of nitrogens with one attached hydrogen (secondary N) is 2. The first-order chi connectivity index (χ1) is 10.8. The molecule has 0 amide bonds. The van der Waals surface area contributed by atoms with E-state index in [4.69, 9.17) is 9.73 Å². The third-order valence-electron chi connectivity index (χ3n) is 4.01. The monoisotopic (exact) mass is 493 g/mol. The lowest BCUT2D eigenvalue weighted by atomic mass is 9.99. The zero-order valence-electron chi connectivity index (χ0n) is 15.1. The zero-order chi connectivity index (χ0) is 17.3. The van der Waals surface area contributed by atoms with Crippen LogP contribution >= 0.6 is 35.7 Å². The Hall–Kier alpha value is 0.260. The maximum Gasteiger partial charge on any atom is 0.191 e. The average molecular weight is 493 g/mol. The fraction of sp³-hybridized carbons (Fsp3) is 0.933. The summed E-state index contributed by atoms with van der Waals surface area (Å²) in [6, 6.07) is 0.0578. The highest BCUT2D eigenvalue weighted by atomic mass is 127. The van der Waals surface area contributed by atoms with Gasteiger partial charge in [-0.05, 0) is 39.4 Å². The van der Waals surface area contributed by atoms with Crippen molar-refractivity contribution in [2.24, 2.45) is 4.99 Å². The van der Waals surface area contributed by atoms with Gasteiger partial charge in [0, 0.05) is 36.8 Å². The molecule has 1 saturated heterocycles. The maximum absolute atomic E-state index is 11.3. The highest BCUT2D eigenvalue weighted by Crippen LogP contribution is 2.33. The van der Waals surface area contributed by atoms with E-state index in [0.717, 1.165) is 45.1 Å². The number of rotatable bonds is 8. The Kier molecular flexibility index (Phi) is 11.9. The predicted octanol–water partition coefficient (Wildman–Crippen LogP) is 1.89. The van der Waals surface area contributed by atoms with E-state index in [0.29, 0.717) is 6.42 Å². The van der Waals surface area contributed by atoms with Crippen LogP contribution in [0.5, 0.6) is 0 Å². The molecule has 6 nitrogen and oxygen atoms in total. The van der Waals surface area contributed by atoms with Gasteiger partial charge in [0.1, 0.15) is 9.84 Å². The fourth-order valence-corrected chi connectivity index (χ4v) is 3.96. The van der Waals surface area contributed by atoms with Crippen LogP contribution in [0, 0.1) is 0 Å². The van der Waals surface area contributed by atoms with Gasteiger partial charge < -0.3 is 15.4 Å². The lowest BCUT2D eigenvalue weighted by molar-refractivity contribution is 0.0794. The molecule has 2 N–H and O–H groups in total. The first-order valence-corrected chi connectivity index (χ1v) is 11.4. The van der Waals surface area contributed by atoms with E-state index < -0.39 is 9.84 Å². The molecule has 1 aliphatic rings. The molecule has 0 radical (unpaired) electrons. The number of hydrogen-bond donors (Lipinski definition) is 2. The molecule has 24 heavy (non-hydrogen) atoms. The third-order valence-corrected chi connectivity index (χ3v) is 6.39. The highest BCUT2D eigenvalue weighted by Gasteiger charge is 2.31. The Balaban J connectivity index is 0.00000529. The Morgan fingerprint density at radius 1 is 1.38 bits per heavy atom. The molecule has 1 fully saturated rings. The van der Waals surface area contributed by atoms with Crippen molar-refractivity contribution in [2.45, 2.75) is 43.9 Å². The van der Waals surface area contributed by atoms with Crippen molar-refractivity contribution >= 4 is 51.5 Å². The Morgan fingerprint density at radius 3 is 2.50 bits per heavy atom. The van der Waals surface area contributed by atoms with Crippen molar-refractivity contribution < 1.29 is 13.2 Å². The van der Waals surface area contributed by atoms with Crippen molar-refractivity contribution in [1.29, 1.82) is 0 Å². The quantitative estimate of drug-likeness (QED) is 0.306. The molecule has 0 aromatic rings. The van der Waals surface area contributed by atoms with E-state index in [-0.39, 0.29) is 40.5 Å². The van der Waals surface area contributed by atoms with Crippen LogP contribution < -0.4 is 10.6 Å². The number of guanidine groups is 1. The number of nitrogens with zero attached hydrogens (tertiary/aromatic N) is 1. The van der Waals surface area contributed by atoms with Gasteiger partial charge in [-0.15, -0.1) is 24.0 Å². The van der Waals surface area contributed by atoms with Gasteiger partial charge in [-0.2, -0.15) is 11.8 Å². The molecule has 144 valence electrons. The highest BCUT2D eigenvalue weighted by molar-refractivity contribution is 14.0. The van der Waals surface area contributed by atoms with Crippen LogP contribution in [0.25, 0.3) is 0 Å². The van der Waals surface area contributed by atoms with Crippen LogP contribution in [-0.4, -0.2) is 69.7 Å². The number of hydrogen-bond acceptors (Lipinski definition) is 5. The van der Waals surface area contributed by atoms with Crippen LogP contribution in [-0.2, 0) is 14.6 Å². The third kappa shape index (κ3) is 9.67. The molecule has 1 aliphatic heterocycles.